The first-order valence-corrected chi connectivity index (χ1v) is 7.63. The van der Waals surface area contributed by atoms with Gasteiger partial charge in [-0.05, 0) is 65.7 Å². The fraction of sp³-hybridized carbons (Fsp3) is 0.933. The number of ether oxygens (including phenoxy) is 1. The lowest BCUT2D eigenvalue weighted by Crippen LogP contribution is -2.56. The summed E-state index contributed by atoms with van der Waals surface area (Å²) in [5.41, 5.74) is -0.429. The third kappa shape index (κ3) is 4.18. The highest BCUT2D eigenvalue weighted by atomic mass is 16.5. The van der Waals surface area contributed by atoms with E-state index in [0.717, 1.165) is 45.2 Å². The summed E-state index contributed by atoms with van der Waals surface area (Å²) in [7, 11) is 4.17. The molecule has 1 rings (SSSR count). The van der Waals surface area contributed by atoms with Gasteiger partial charge in [0.05, 0.1) is 6.61 Å². The average molecular weight is 270 g/mol. The first-order valence-electron chi connectivity index (χ1n) is 7.63. The Morgan fingerprint density at radius 3 is 2.74 bits per heavy atom. The lowest BCUT2D eigenvalue weighted by molar-refractivity contribution is -0.153. The van der Waals surface area contributed by atoms with Crippen LogP contribution in [0.5, 0.6) is 0 Å². The first kappa shape index (κ1) is 16.4. The van der Waals surface area contributed by atoms with Crippen molar-refractivity contribution in [2.24, 2.45) is 5.92 Å². The minimum atomic E-state index is -0.429. The summed E-state index contributed by atoms with van der Waals surface area (Å²) in [5, 5.41) is 3.51. The molecule has 1 aliphatic carbocycles. The van der Waals surface area contributed by atoms with Crippen molar-refractivity contribution >= 4 is 5.97 Å². The Hall–Kier alpha value is -0.610. The highest BCUT2D eigenvalue weighted by Gasteiger charge is 2.49. The minimum absolute atomic E-state index is 0.0373. The predicted molar refractivity (Wildman–Crippen MR) is 78.2 cm³/mol. The van der Waals surface area contributed by atoms with Crippen LogP contribution in [0.25, 0.3) is 0 Å². The maximum absolute atomic E-state index is 12.4. The average Bonchev–Trinajstić information content (AvgIpc) is 2.78. The van der Waals surface area contributed by atoms with Crippen molar-refractivity contribution < 1.29 is 9.53 Å². The molecular weight excluding hydrogens is 240 g/mol. The van der Waals surface area contributed by atoms with Crippen molar-refractivity contribution in [3.8, 4) is 0 Å². The summed E-state index contributed by atoms with van der Waals surface area (Å²) in [6, 6.07) is 0. The Morgan fingerprint density at radius 2 is 2.16 bits per heavy atom. The second kappa shape index (κ2) is 7.85. The van der Waals surface area contributed by atoms with Crippen LogP contribution >= 0.6 is 0 Å². The summed E-state index contributed by atoms with van der Waals surface area (Å²) >= 11 is 0. The van der Waals surface area contributed by atoms with Gasteiger partial charge in [0.2, 0.25) is 0 Å². The molecule has 4 heteroatoms. The zero-order chi connectivity index (χ0) is 14.3. The SMILES string of the molecule is CCCNC1(C(=O)OCC)CCCC1CCN(C)C. The molecule has 2 unspecified atom stereocenters. The van der Waals surface area contributed by atoms with E-state index in [4.69, 9.17) is 4.74 Å². The molecule has 19 heavy (non-hydrogen) atoms. The number of carbonyl (C=O) groups excluding carboxylic acids is 1. The molecule has 0 aromatic carbocycles. The number of nitrogens with zero attached hydrogens (tertiary/aromatic N) is 1. The van der Waals surface area contributed by atoms with Crippen molar-refractivity contribution in [2.75, 3.05) is 33.8 Å². The largest absolute Gasteiger partial charge is 0.465 e. The van der Waals surface area contributed by atoms with E-state index in [9.17, 15) is 4.79 Å². The molecule has 0 spiro atoms. The van der Waals surface area contributed by atoms with Gasteiger partial charge in [-0.2, -0.15) is 0 Å². The van der Waals surface area contributed by atoms with Gasteiger partial charge in [0.15, 0.2) is 0 Å². The second-order valence-corrected chi connectivity index (χ2v) is 5.80. The molecule has 0 amide bonds. The predicted octanol–water partition coefficient (Wildman–Crippen LogP) is 2.04. The Kier molecular flexibility index (Phi) is 6.80. The van der Waals surface area contributed by atoms with Gasteiger partial charge in [-0.1, -0.05) is 13.3 Å². The molecule has 2 atom stereocenters. The lowest BCUT2D eigenvalue weighted by Gasteiger charge is -2.35. The van der Waals surface area contributed by atoms with E-state index in [0.29, 0.717) is 12.5 Å². The van der Waals surface area contributed by atoms with Crippen LogP contribution in [-0.4, -0.2) is 50.2 Å². The lowest BCUT2D eigenvalue weighted by atomic mass is 9.84. The molecule has 0 saturated heterocycles. The molecule has 0 radical (unpaired) electrons. The highest BCUT2D eigenvalue weighted by molar-refractivity contribution is 5.81. The topological polar surface area (TPSA) is 41.6 Å². The third-order valence-electron chi connectivity index (χ3n) is 4.08. The zero-order valence-electron chi connectivity index (χ0n) is 13.0. The smallest absolute Gasteiger partial charge is 0.326 e. The monoisotopic (exact) mass is 270 g/mol. The Balaban J connectivity index is 2.77. The normalized spacial score (nSPS) is 26.9. The van der Waals surface area contributed by atoms with E-state index in [2.05, 4.69) is 31.2 Å². The van der Waals surface area contributed by atoms with Gasteiger partial charge in [0, 0.05) is 0 Å². The molecule has 0 aliphatic heterocycles. The van der Waals surface area contributed by atoms with Crippen molar-refractivity contribution in [1.82, 2.24) is 10.2 Å². The molecule has 1 saturated carbocycles. The van der Waals surface area contributed by atoms with Crippen LogP contribution in [0.4, 0.5) is 0 Å². The molecule has 0 heterocycles. The molecule has 0 aromatic rings. The van der Waals surface area contributed by atoms with E-state index in [1.165, 1.54) is 0 Å². The maximum Gasteiger partial charge on any atom is 0.326 e. The molecular formula is C15H30N2O2. The Bertz CT molecular complexity index is 281. The Labute approximate surface area is 117 Å². The van der Waals surface area contributed by atoms with Crippen LogP contribution < -0.4 is 5.32 Å². The van der Waals surface area contributed by atoms with Gasteiger partial charge in [-0.25, -0.2) is 0 Å². The quantitative estimate of drug-likeness (QED) is 0.685. The van der Waals surface area contributed by atoms with E-state index in [1.54, 1.807) is 0 Å². The number of rotatable bonds is 8. The van der Waals surface area contributed by atoms with E-state index in [-0.39, 0.29) is 5.97 Å². The standard InChI is InChI=1S/C15H30N2O2/c1-5-11-16-15(14(18)19-6-2)10-7-8-13(15)9-12-17(3)4/h13,16H,5-12H2,1-4H3. The third-order valence-corrected chi connectivity index (χ3v) is 4.08. The van der Waals surface area contributed by atoms with Crippen LogP contribution in [0.15, 0.2) is 0 Å². The van der Waals surface area contributed by atoms with Crippen molar-refractivity contribution in [1.29, 1.82) is 0 Å². The highest BCUT2D eigenvalue weighted by Crippen LogP contribution is 2.39. The second-order valence-electron chi connectivity index (χ2n) is 5.80. The molecule has 1 N–H and O–H groups in total. The Morgan fingerprint density at radius 1 is 1.42 bits per heavy atom. The van der Waals surface area contributed by atoms with Crippen molar-refractivity contribution in [3.63, 3.8) is 0 Å². The molecule has 1 aliphatic rings. The van der Waals surface area contributed by atoms with Crippen LogP contribution in [-0.2, 0) is 9.53 Å². The summed E-state index contributed by atoms with van der Waals surface area (Å²) in [6.45, 7) is 6.40. The minimum Gasteiger partial charge on any atom is -0.465 e. The molecule has 4 nitrogen and oxygen atoms in total. The van der Waals surface area contributed by atoms with Crippen molar-refractivity contribution in [3.05, 3.63) is 0 Å². The van der Waals surface area contributed by atoms with Gasteiger partial charge < -0.3 is 15.0 Å². The van der Waals surface area contributed by atoms with Crippen LogP contribution in [0.1, 0.15) is 46.0 Å². The van der Waals surface area contributed by atoms with Crippen molar-refractivity contribution in [2.45, 2.75) is 51.5 Å². The summed E-state index contributed by atoms with van der Waals surface area (Å²) in [4.78, 5) is 14.6. The summed E-state index contributed by atoms with van der Waals surface area (Å²) < 4.78 is 5.35. The maximum atomic E-state index is 12.4. The molecule has 0 bridgehead atoms. The van der Waals surface area contributed by atoms with Crippen LogP contribution in [0.2, 0.25) is 0 Å². The zero-order valence-corrected chi connectivity index (χ0v) is 13.0. The number of carbonyl (C=O) groups is 1. The molecule has 0 aromatic heterocycles. The summed E-state index contributed by atoms with van der Waals surface area (Å²) in [6.07, 6.45) is 5.27. The van der Waals surface area contributed by atoms with Gasteiger partial charge >= 0.3 is 5.97 Å². The number of nitrogens with one attached hydrogen (secondary N) is 1. The van der Waals surface area contributed by atoms with Gasteiger partial charge in [-0.3, -0.25) is 4.79 Å². The van der Waals surface area contributed by atoms with Gasteiger partial charge in [0.1, 0.15) is 5.54 Å². The number of hydrogen-bond donors (Lipinski definition) is 1. The fourth-order valence-corrected chi connectivity index (χ4v) is 3.06. The van der Waals surface area contributed by atoms with Gasteiger partial charge in [-0.15, -0.1) is 0 Å². The fourth-order valence-electron chi connectivity index (χ4n) is 3.06. The van der Waals surface area contributed by atoms with E-state index < -0.39 is 5.54 Å². The molecule has 112 valence electrons. The summed E-state index contributed by atoms with van der Waals surface area (Å²) in [5.74, 6) is 0.366. The number of hydrogen-bond acceptors (Lipinski definition) is 4. The van der Waals surface area contributed by atoms with E-state index >= 15 is 0 Å². The molecule has 1 fully saturated rings. The van der Waals surface area contributed by atoms with Crippen LogP contribution in [0.3, 0.4) is 0 Å². The van der Waals surface area contributed by atoms with E-state index in [1.807, 2.05) is 6.92 Å². The number of esters is 1. The van der Waals surface area contributed by atoms with Crippen LogP contribution in [0, 0.1) is 5.92 Å². The van der Waals surface area contributed by atoms with Gasteiger partial charge in [0.25, 0.3) is 0 Å². The first-order chi connectivity index (χ1) is 9.06.